The number of aromatic nitrogens is 4. The fourth-order valence-corrected chi connectivity index (χ4v) is 5.75. The van der Waals surface area contributed by atoms with Crippen LogP contribution in [0.1, 0.15) is 42.5 Å². The van der Waals surface area contributed by atoms with Gasteiger partial charge in [0.05, 0.1) is 6.54 Å². The van der Waals surface area contributed by atoms with Gasteiger partial charge in [-0.3, -0.25) is 4.98 Å². The molecule has 1 N–H and O–H groups in total. The lowest BCUT2D eigenvalue weighted by atomic mass is 9.30. The Morgan fingerprint density at radius 3 is 2.28 bits per heavy atom. The molecule has 1 atom stereocenters. The SMILES string of the molecule is O[C@@](Cn1cncn1)(c1ccc(F)cc1F)C(F)(F)C12CC(c3ccc(CCC(F)(F)F)nc3)(C1)C2. The third-order valence-electron chi connectivity index (χ3n) is 7.55. The van der Waals surface area contributed by atoms with Gasteiger partial charge in [0.15, 0.2) is 5.60 Å². The zero-order chi connectivity index (χ0) is 26.0. The van der Waals surface area contributed by atoms with E-state index >= 15 is 8.78 Å². The molecule has 0 spiro atoms. The maximum atomic E-state index is 16.2. The fourth-order valence-electron chi connectivity index (χ4n) is 5.75. The van der Waals surface area contributed by atoms with Crippen molar-refractivity contribution >= 4 is 0 Å². The van der Waals surface area contributed by atoms with E-state index in [1.807, 2.05) is 0 Å². The first-order valence-corrected chi connectivity index (χ1v) is 11.2. The zero-order valence-corrected chi connectivity index (χ0v) is 18.7. The van der Waals surface area contributed by atoms with Crippen LogP contribution < -0.4 is 0 Å². The van der Waals surface area contributed by atoms with E-state index in [0.717, 1.165) is 29.5 Å². The Morgan fingerprint density at radius 1 is 1.00 bits per heavy atom. The lowest BCUT2D eigenvalue weighted by Crippen LogP contribution is -2.76. The molecule has 2 bridgehead atoms. The van der Waals surface area contributed by atoms with Gasteiger partial charge in [-0.05, 0) is 54.9 Å². The van der Waals surface area contributed by atoms with Crippen LogP contribution in [0.4, 0.5) is 30.7 Å². The highest BCUT2D eigenvalue weighted by Crippen LogP contribution is 2.80. The molecule has 0 aliphatic heterocycles. The molecule has 0 unspecified atom stereocenters. The molecule has 3 aliphatic rings. The van der Waals surface area contributed by atoms with E-state index < -0.39 is 58.7 Å². The standard InChI is InChI=1S/C24H21F7N4O/c25-16-2-4-18(19(26)7-16)22(36,12-35-14-32-13-34-35)24(30,31)21-9-20(10-21,11-21)15-1-3-17(33-8-15)5-6-23(27,28)29/h1-4,7-8,13-14,36H,5-6,9-12H2/t20?,21?,22-/m0/s1. The van der Waals surface area contributed by atoms with Crippen molar-refractivity contribution in [3.63, 3.8) is 0 Å². The van der Waals surface area contributed by atoms with Crippen molar-refractivity contribution in [1.82, 2.24) is 19.7 Å². The predicted octanol–water partition coefficient (Wildman–Crippen LogP) is 5.09. The molecule has 3 fully saturated rings. The summed E-state index contributed by atoms with van der Waals surface area (Å²) in [4.78, 5) is 7.75. The Balaban J connectivity index is 1.39. The van der Waals surface area contributed by atoms with E-state index in [9.17, 15) is 27.1 Å². The number of aryl methyl sites for hydroxylation is 1. The number of nitrogens with zero attached hydrogens (tertiary/aromatic N) is 4. The van der Waals surface area contributed by atoms with Gasteiger partial charge in [-0.25, -0.2) is 27.2 Å². The summed E-state index contributed by atoms with van der Waals surface area (Å²) in [5.41, 5.74) is -5.23. The molecular formula is C24H21F7N4O. The second-order valence-corrected chi connectivity index (χ2v) is 9.90. The van der Waals surface area contributed by atoms with Gasteiger partial charge >= 0.3 is 6.18 Å². The first kappa shape index (κ1) is 24.7. The summed E-state index contributed by atoms with van der Waals surface area (Å²) in [5.74, 6) is -6.12. The van der Waals surface area contributed by atoms with E-state index in [1.54, 1.807) is 6.07 Å². The van der Waals surface area contributed by atoms with E-state index in [4.69, 9.17) is 0 Å². The van der Waals surface area contributed by atoms with Crippen LogP contribution in [0.15, 0.2) is 49.2 Å². The minimum absolute atomic E-state index is 0.0287. The van der Waals surface area contributed by atoms with Gasteiger partial charge < -0.3 is 5.11 Å². The molecule has 5 nitrogen and oxygen atoms in total. The van der Waals surface area contributed by atoms with Gasteiger partial charge in [-0.15, -0.1) is 0 Å². The van der Waals surface area contributed by atoms with Crippen LogP contribution in [0.3, 0.4) is 0 Å². The van der Waals surface area contributed by atoms with Gasteiger partial charge in [0.1, 0.15) is 24.3 Å². The van der Waals surface area contributed by atoms with Gasteiger partial charge in [-0.2, -0.15) is 18.3 Å². The van der Waals surface area contributed by atoms with Gasteiger partial charge in [0.2, 0.25) is 0 Å². The largest absolute Gasteiger partial charge is 0.389 e. The van der Waals surface area contributed by atoms with Crippen molar-refractivity contribution in [3.8, 4) is 0 Å². The number of pyridine rings is 1. The van der Waals surface area contributed by atoms with Crippen LogP contribution in [0.5, 0.6) is 0 Å². The Hall–Kier alpha value is -3.02. The Kier molecular flexibility index (Phi) is 5.47. The number of alkyl halides is 5. The summed E-state index contributed by atoms with van der Waals surface area (Å²) in [6.07, 6.45) is -2.08. The molecule has 3 aromatic rings. The summed E-state index contributed by atoms with van der Waals surface area (Å²) < 4.78 is 98.8. The Morgan fingerprint density at radius 2 is 1.72 bits per heavy atom. The fraction of sp³-hybridized carbons (Fsp3) is 0.458. The van der Waals surface area contributed by atoms with Crippen molar-refractivity contribution in [2.45, 2.75) is 61.8 Å². The first-order valence-electron chi connectivity index (χ1n) is 11.2. The first-order chi connectivity index (χ1) is 16.8. The second-order valence-electron chi connectivity index (χ2n) is 9.90. The van der Waals surface area contributed by atoms with Crippen LogP contribution in [-0.2, 0) is 24.0 Å². The van der Waals surface area contributed by atoms with E-state index in [0.29, 0.717) is 11.6 Å². The monoisotopic (exact) mass is 514 g/mol. The Labute approximate surface area is 201 Å². The maximum Gasteiger partial charge on any atom is 0.389 e. The van der Waals surface area contributed by atoms with Crippen molar-refractivity contribution < 1.29 is 35.8 Å². The molecule has 36 heavy (non-hydrogen) atoms. The second kappa shape index (κ2) is 7.99. The highest BCUT2D eigenvalue weighted by molar-refractivity contribution is 5.42. The molecular weight excluding hydrogens is 493 g/mol. The number of rotatable bonds is 8. The highest BCUT2D eigenvalue weighted by Gasteiger charge is 2.82. The van der Waals surface area contributed by atoms with E-state index in [1.165, 1.54) is 12.3 Å². The van der Waals surface area contributed by atoms with Crippen LogP contribution in [0.2, 0.25) is 0 Å². The van der Waals surface area contributed by atoms with E-state index in [2.05, 4.69) is 15.1 Å². The molecule has 6 rings (SSSR count). The van der Waals surface area contributed by atoms with Gasteiger partial charge in [-0.1, -0.05) is 6.07 Å². The van der Waals surface area contributed by atoms with Crippen molar-refractivity contribution in [2.75, 3.05) is 0 Å². The molecule has 1 aromatic carbocycles. The summed E-state index contributed by atoms with van der Waals surface area (Å²) in [6.45, 7) is -0.813. The quantitative estimate of drug-likeness (QED) is 0.426. The number of hydrogen-bond donors (Lipinski definition) is 1. The summed E-state index contributed by atoms with van der Waals surface area (Å²) in [7, 11) is 0. The summed E-state index contributed by atoms with van der Waals surface area (Å²) in [6, 6.07) is 5.10. The molecule has 3 saturated carbocycles. The summed E-state index contributed by atoms with van der Waals surface area (Å²) >= 11 is 0. The predicted molar refractivity (Wildman–Crippen MR) is 112 cm³/mol. The lowest BCUT2D eigenvalue weighted by Gasteiger charge is -2.74. The molecule has 3 aliphatic carbocycles. The molecule has 12 heteroatoms. The third-order valence-corrected chi connectivity index (χ3v) is 7.55. The maximum absolute atomic E-state index is 16.2. The van der Waals surface area contributed by atoms with Crippen molar-refractivity contribution in [3.05, 3.63) is 77.6 Å². The highest BCUT2D eigenvalue weighted by atomic mass is 19.4. The van der Waals surface area contributed by atoms with Crippen LogP contribution in [0, 0.1) is 17.0 Å². The number of hydrogen-bond acceptors (Lipinski definition) is 4. The average Bonchev–Trinajstić information content (AvgIpc) is 3.23. The molecule has 2 heterocycles. The lowest BCUT2D eigenvalue weighted by molar-refractivity contribution is -0.347. The third kappa shape index (κ3) is 3.77. The molecule has 0 amide bonds. The molecule has 0 saturated heterocycles. The average molecular weight is 514 g/mol. The summed E-state index contributed by atoms with van der Waals surface area (Å²) in [5, 5.41) is 15.2. The van der Waals surface area contributed by atoms with Crippen LogP contribution >= 0.6 is 0 Å². The molecule has 192 valence electrons. The Bertz CT molecular complexity index is 1240. The van der Waals surface area contributed by atoms with Crippen LogP contribution in [0.25, 0.3) is 0 Å². The number of halogens is 7. The zero-order valence-electron chi connectivity index (χ0n) is 18.7. The number of benzene rings is 1. The van der Waals surface area contributed by atoms with Gasteiger partial charge in [0, 0.05) is 35.4 Å². The van der Waals surface area contributed by atoms with Crippen molar-refractivity contribution in [1.29, 1.82) is 0 Å². The molecule has 0 radical (unpaired) electrons. The van der Waals surface area contributed by atoms with Crippen molar-refractivity contribution in [2.24, 2.45) is 5.41 Å². The van der Waals surface area contributed by atoms with E-state index in [-0.39, 0.29) is 31.4 Å². The molecule has 2 aromatic heterocycles. The minimum Gasteiger partial charge on any atom is -0.377 e. The van der Waals surface area contributed by atoms with Gasteiger partial charge in [0.25, 0.3) is 5.92 Å². The topological polar surface area (TPSA) is 63.8 Å². The number of aliphatic hydroxyl groups is 1. The minimum atomic E-state index is -4.31. The smallest absolute Gasteiger partial charge is 0.377 e. The van der Waals surface area contributed by atoms with Crippen LogP contribution in [-0.4, -0.2) is 37.0 Å². The normalized spacial score (nSPS) is 25.1.